The van der Waals surface area contributed by atoms with E-state index >= 15 is 0 Å². The average Bonchev–Trinajstić information content (AvgIpc) is 3.47. The Morgan fingerprint density at radius 2 is 1.23 bits per heavy atom. The van der Waals surface area contributed by atoms with Crippen molar-refractivity contribution in [2.45, 2.75) is 18.8 Å². The highest BCUT2D eigenvalue weighted by atomic mass is 16.5. The molecule has 6 atom stereocenters. The number of phenols is 1. The summed E-state index contributed by atoms with van der Waals surface area (Å²) in [5.74, 6) is -8.61. The van der Waals surface area contributed by atoms with Gasteiger partial charge in [0.05, 0.1) is 53.3 Å². The number of benzene rings is 3. The first-order valence-electron chi connectivity index (χ1n) is 15.0. The molecular weight excluding hydrogens is 608 g/mol. The Labute approximate surface area is 267 Å². The summed E-state index contributed by atoms with van der Waals surface area (Å²) in [6.07, 6.45) is 2.21. The Balaban J connectivity index is 1.32. The molecule has 0 aromatic heterocycles. The molecule has 2 saturated heterocycles. The van der Waals surface area contributed by atoms with Crippen molar-refractivity contribution in [2.24, 2.45) is 29.6 Å². The normalized spacial score (nSPS) is 26.4. The third-order valence-electron chi connectivity index (χ3n) is 9.95. The predicted molar refractivity (Wildman–Crippen MR) is 164 cm³/mol. The number of carboxylic acids is 2. The minimum atomic E-state index is -1.16. The zero-order valence-electron chi connectivity index (χ0n) is 24.9. The monoisotopic (exact) mass is 636 g/mol. The first-order chi connectivity index (χ1) is 22.5. The summed E-state index contributed by atoms with van der Waals surface area (Å²) in [5, 5.41) is 28.9. The molecule has 0 bridgehead atoms. The molecule has 2 aliphatic carbocycles. The number of fused-ring (bicyclic) bond motifs is 4. The Hall–Kier alpha value is -5.78. The van der Waals surface area contributed by atoms with Crippen LogP contribution in [0.4, 0.5) is 11.4 Å². The molecule has 3 aromatic carbocycles. The highest BCUT2D eigenvalue weighted by molar-refractivity contribution is 6.24. The number of hydrogen-bond acceptors (Lipinski definition) is 8. The molecule has 7 rings (SSSR count). The number of carbonyl (C=O) groups excluding carboxylic acids is 4. The fourth-order valence-electron chi connectivity index (χ4n) is 7.91. The molecule has 3 N–H and O–H groups in total. The van der Waals surface area contributed by atoms with Crippen LogP contribution in [0.15, 0.2) is 78.4 Å². The lowest BCUT2D eigenvalue weighted by Crippen LogP contribution is -2.43. The van der Waals surface area contributed by atoms with E-state index in [1.807, 2.05) is 6.08 Å². The first-order valence-corrected chi connectivity index (χ1v) is 15.0. The van der Waals surface area contributed by atoms with Crippen LogP contribution in [0.1, 0.15) is 45.0 Å². The van der Waals surface area contributed by atoms with E-state index < -0.39 is 71.1 Å². The number of allylic oxidation sites excluding steroid dienone is 2. The molecule has 2 aliphatic heterocycles. The van der Waals surface area contributed by atoms with Gasteiger partial charge in [-0.15, -0.1) is 0 Å². The predicted octanol–water partition coefficient (Wildman–Crippen LogP) is 3.84. The molecule has 4 amide bonds. The van der Waals surface area contributed by atoms with Crippen molar-refractivity contribution in [3.8, 4) is 11.5 Å². The van der Waals surface area contributed by atoms with Crippen LogP contribution < -0.4 is 14.5 Å². The minimum absolute atomic E-state index is 0.00444. The molecular formula is C35H28N2O10. The topological polar surface area (TPSA) is 179 Å². The number of hydrogen-bond donors (Lipinski definition) is 3. The van der Waals surface area contributed by atoms with Crippen molar-refractivity contribution in [2.75, 3.05) is 16.9 Å². The van der Waals surface area contributed by atoms with Gasteiger partial charge in [0.15, 0.2) is 0 Å². The number of anilines is 2. The lowest BCUT2D eigenvalue weighted by Gasteiger charge is -2.44. The van der Waals surface area contributed by atoms with E-state index in [0.717, 1.165) is 15.4 Å². The van der Waals surface area contributed by atoms with Crippen LogP contribution in [-0.2, 0) is 19.2 Å². The number of aromatic hydroxyl groups is 1. The molecule has 4 aliphatic rings. The number of amides is 4. The lowest BCUT2D eigenvalue weighted by atomic mass is 9.57. The van der Waals surface area contributed by atoms with Gasteiger partial charge in [-0.25, -0.2) is 9.59 Å². The smallest absolute Gasteiger partial charge is 0.335 e. The maximum absolute atomic E-state index is 14.3. The zero-order valence-corrected chi connectivity index (χ0v) is 24.9. The Bertz CT molecular complexity index is 1920. The highest BCUT2D eigenvalue weighted by Gasteiger charge is 2.62. The van der Waals surface area contributed by atoms with Crippen LogP contribution in [0.5, 0.6) is 11.5 Å². The lowest BCUT2D eigenvalue weighted by molar-refractivity contribution is -0.126. The number of phenolic OH excluding ortho intramolecular Hbond substituents is 1. The maximum atomic E-state index is 14.3. The van der Waals surface area contributed by atoms with Gasteiger partial charge in [0.2, 0.25) is 23.6 Å². The van der Waals surface area contributed by atoms with Crippen LogP contribution in [0, 0.1) is 29.6 Å². The maximum Gasteiger partial charge on any atom is 0.335 e. The van der Waals surface area contributed by atoms with Crippen molar-refractivity contribution in [1.82, 2.24) is 0 Å². The SMILES string of the molecule is COc1cc(O)ccc1[C@H]1C2=CC[C@@H]3C(=O)N(c4ccc(C(=O)O)cc4)C(=O)[C@@H]3[C@@H]2C[C@H]2C(=O)N(c3ccc(C(=O)O)cc3)C(=O)[C@@H]12. The van der Waals surface area contributed by atoms with E-state index in [1.165, 1.54) is 67.8 Å². The molecule has 3 fully saturated rings. The summed E-state index contributed by atoms with van der Waals surface area (Å²) in [6.45, 7) is 0. The summed E-state index contributed by atoms with van der Waals surface area (Å²) < 4.78 is 5.62. The standard InChI is InChI=1S/C35H28N2O10/c1-47-26-14-20(38)10-11-22(26)27-21-12-13-23-28(32(41)36(30(23)39)18-6-2-16(3-7-18)34(43)44)24(21)15-25-29(27)33(42)37(31(25)40)19-8-4-17(5-9-19)35(45)46/h2-12,14,23-25,27-29,38H,13,15H2,1H3,(H,43,44)(H,45,46)/t23-,24+,25+,27+,28-,29+/m0/s1. The highest BCUT2D eigenvalue weighted by Crippen LogP contribution is 2.59. The van der Waals surface area contributed by atoms with Crippen molar-refractivity contribution in [3.63, 3.8) is 0 Å². The van der Waals surface area contributed by atoms with Gasteiger partial charge in [0.25, 0.3) is 0 Å². The van der Waals surface area contributed by atoms with E-state index in [0.29, 0.717) is 5.56 Å². The van der Waals surface area contributed by atoms with Crippen LogP contribution in [0.2, 0.25) is 0 Å². The van der Waals surface area contributed by atoms with Crippen molar-refractivity contribution in [1.29, 1.82) is 0 Å². The molecule has 2 heterocycles. The van der Waals surface area contributed by atoms with Gasteiger partial charge >= 0.3 is 11.9 Å². The summed E-state index contributed by atoms with van der Waals surface area (Å²) in [6, 6.07) is 15.4. The number of rotatable bonds is 6. The van der Waals surface area contributed by atoms with Crippen molar-refractivity contribution < 1.29 is 48.8 Å². The van der Waals surface area contributed by atoms with E-state index in [1.54, 1.807) is 6.07 Å². The van der Waals surface area contributed by atoms with Crippen LogP contribution in [0.25, 0.3) is 0 Å². The second-order valence-electron chi connectivity index (χ2n) is 12.2. The van der Waals surface area contributed by atoms with Gasteiger partial charge in [0, 0.05) is 17.5 Å². The van der Waals surface area contributed by atoms with E-state index in [-0.39, 0.29) is 46.8 Å². The molecule has 0 unspecified atom stereocenters. The summed E-state index contributed by atoms with van der Waals surface area (Å²) in [7, 11) is 1.42. The summed E-state index contributed by atoms with van der Waals surface area (Å²) in [4.78, 5) is 81.2. The molecule has 12 heteroatoms. The fraction of sp³-hybridized carbons (Fsp3) is 0.257. The second-order valence-corrected chi connectivity index (χ2v) is 12.2. The van der Waals surface area contributed by atoms with Crippen LogP contribution >= 0.6 is 0 Å². The zero-order chi connectivity index (χ0) is 33.3. The van der Waals surface area contributed by atoms with Crippen molar-refractivity contribution >= 4 is 46.9 Å². The number of carbonyl (C=O) groups is 6. The van der Waals surface area contributed by atoms with Gasteiger partial charge in [-0.3, -0.25) is 29.0 Å². The van der Waals surface area contributed by atoms with E-state index in [4.69, 9.17) is 4.74 Å². The van der Waals surface area contributed by atoms with Crippen LogP contribution in [0.3, 0.4) is 0 Å². The van der Waals surface area contributed by atoms with Gasteiger partial charge in [-0.2, -0.15) is 0 Å². The number of methoxy groups -OCH3 is 1. The molecule has 47 heavy (non-hydrogen) atoms. The number of carboxylic acid groups (broad SMARTS) is 2. The quantitative estimate of drug-likeness (QED) is 0.266. The molecule has 0 radical (unpaired) electrons. The Morgan fingerprint density at radius 3 is 1.77 bits per heavy atom. The van der Waals surface area contributed by atoms with Crippen molar-refractivity contribution in [3.05, 3.63) is 95.1 Å². The Morgan fingerprint density at radius 1 is 0.702 bits per heavy atom. The second kappa shape index (κ2) is 10.9. The fourth-order valence-corrected chi connectivity index (χ4v) is 7.91. The third-order valence-corrected chi connectivity index (χ3v) is 9.95. The van der Waals surface area contributed by atoms with Crippen LogP contribution in [-0.4, -0.2) is 58.0 Å². The number of ether oxygens (including phenoxy) is 1. The third kappa shape index (κ3) is 4.50. The van der Waals surface area contributed by atoms with Gasteiger partial charge < -0.3 is 20.1 Å². The average molecular weight is 637 g/mol. The molecule has 238 valence electrons. The first kappa shape index (κ1) is 29.9. The van der Waals surface area contributed by atoms with Gasteiger partial charge in [-0.1, -0.05) is 17.7 Å². The molecule has 0 spiro atoms. The number of imide groups is 2. The summed E-state index contributed by atoms with van der Waals surface area (Å²) in [5.41, 5.74) is 1.72. The molecule has 1 saturated carbocycles. The molecule has 3 aromatic rings. The molecule has 12 nitrogen and oxygen atoms in total. The van der Waals surface area contributed by atoms with Gasteiger partial charge in [0.1, 0.15) is 11.5 Å². The largest absolute Gasteiger partial charge is 0.508 e. The minimum Gasteiger partial charge on any atom is -0.508 e. The number of aromatic carboxylic acids is 2. The van der Waals surface area contributed by atoms with E-state index in [9.17, 15) is 44.1 Å². The van der Waals surface area contributed by atoms with E-state index in [2.05, 4.69) is 0 Å². The number of nitrogens with zero attached hydrogens (tertiary/aromatic N) is 2. The van der Waals surface area contributed by atoms with Gasteiger partial charge in [-0.05, 0) is 73.4 Å². The summed E-state index contributed by atoms with van der Waals surface area (Å²) >= 11 is 0. The Kier molecular flexibility index (Phi) is 6.96.